The third-order valence-corrected chi connectivity index (χ3v) is 3.81. The Balaban J connectivity index is 1.64. The van der Waals surface area contributed by atoms with Crippen molar-refractivity contribution in [3.63, 3.8) is 0 Å². The largest absolute Gasteiger partial charge is 0.271 e. The van der Waals surface area contributed by atoms with Crippen LogP contribution in [0.15, 0.2) is 53.9 Å². The lowest BCUT2D eigenvalue weighted by atomic mass is 10.2. The Kier molecular flexibility index (Phi) is 4.83. The Hall–Kier alpha value is -2.77. The Labute approximate surface area is 146 Å². The summed E-state index contributed by atoms with van der Waals surface area (Å²) >= 11 is 11.7. The van der Waals surface area contributed by atoms with Crippen molar-refractivity contribution >= 4 is 35.3 Å². The fourth-order valence-corrected chi connectivity index (χ4v) is 2.17. The molecule has 24 heavy (non-hydrogen) atoms. The second-order valence-corrected chi connectivity index (χ2v) is 5.49. The van der Waals surface area contributed by atoms with Gasteiger partial charge in [0.2, 0.25) is 0 Å². The molecule has 0 spiro atoms. The Bertz CT molecular complexity index is 877. The van der Waals surface area contributed by atoms with Crippen molar-refractivity contribution in [2.45, 2.75) is 0 Å². The molecule has 0 unspecified atom stereocenters. The first kappa shape index (κ1) is 16.1. The summed E-state index contributed by atoms with van der Waals surface area (Å²) < 4.78 is 1.49. The minimum atomic E-state index is -0.338. The number of aromatic nitrogens is 4. The van der Waals surface area contributed by atoms with Gasteiger partial charge in [0.15, 0.2) is 0 Å². The number of nitrogens with one attached hydrogen (secondary N) is 1. The van der Waals surface area contributed by atoms with Crippen molar-refractivity contribution in [1.82, 2.24) is 25.6 Å². The smallest absolute Gasteiger partial charge is 0.267 e. The zero-order valence-electron chi connectivity index (χ0n) is 12.1. The van der Waals surface area contributed by atoms with E-state index in [9.17, 15) is 4.79 Å². The first-order chi connectivity index (χ1) is 11.6. The summed E-state index contributed by atoms with van der Waals surface area (Å²) in [5, 5.41) is 15.7. The van der Waals surface area contributed by atoms with Gasteiger partial charge in [-0.1, -0.05) is 29.3 Å². The number of carbonyl (C=O) groups is 1. The van der Waals surface area contributed by atoms with Crippen LogP contribution in [0.4, 0.5) is 0 Å². The number of carbonyl (C=O) groups excluding carboxylic acids is 1. The Morgan fingerprint density at radius 1 is 1.12 bits per heavy atom. The van der Waals surface area contributed by atoms with Crippen LogP contribution in [0.2, 0.25) is 10.0 Å². The molecule has 7 nitrogen and oxygen atoms in total. The van der Waals surface area contributed by atoms with E-state index in [0.717, 1.165) is 11.3 Å². The molecule has 3 aromatic rings. The number of tetrazole rings is 1. The van der Waals surface area contributed by atoms with Crippen molar-refractivity contribution in [2.24, 2.45) is 5.10 Å². The molecule has 0 aliphatic heterocycles. The van der Waals surface area contributed by atoms with E-state index in [1.165, 1.54) is 17.2 Å². The normalized spacial score (nSPS) is 10.9. The van der Waals surface area contributed by atoms with Gasteiger partial charge in [0.1, 0.15) is 6.33 Å². The van der Waals surface area contributed by atoms with Gasteiger partial charge in [-0.2, -0.15) is 5.10 Å². The van der Waals surface area contributed by atoms with E-state index in [2.05, 4.69) is 26.1 Å². The molecule has 1 N–H and O–H groups in total. The van der Waals surface area contributed by atoms with Crippen LogP contribution in [0.5, 0.6) is 0 Å². The number of rotatable bonds is 4. The van der Waals surface area contributed by atoms with Gasteiger partial charge < -0.3 is 0 Å². The average molecular weight is 361 g/mol. The maximum Gasteiger partial charge on any atom is 0.271 e. The molecular weight excluding hydrogens is 351 g/mol. The summed E-state index contributed by atoms with van der Waals surface area (Å²) in [5.74, 6) is -0.338. The molecule has 120 valence electrons. The van der Waals surface area contributed by atoms with Crippen LogP contribution in [0, 0.1) is 0 Å². The number of hydrazone groups is 1. The Morgan fingerprint density at radius 2 is 1.92 bits per heavy atom. The standard InChI is InChI=1S/C15H10Cl2N6O/c16-13-6-1-10(7-14(13)17)8-18-20-15(24)11-2-4-12(5-3-11)23-9-19-21-22-23/h1-9H,(H,20,24)/b18-8-. The summed E-state index contributed by atoms with van der Waals surface area (Å²) in [6.45, 7) is 0. The number of hydrogen-bond donors (Lipinski definition) is 1. The van der Waals surface area contributed by atoms with Crippen LogP contribution in [0.3, 0.4) is 0 Å². The lowest BCUT2D eigenvalue weighted by Crippen LogP contribution is -2.17. The molecule has 0 aliphatic rings. The van der Waals surface area contributed by atoms with Crippen molar-refractivity contribution in [2.75, 3.05) is 0 Å². The quantitative estimate of drug-likeness (QED) is 0.572. The number of amides is 1. The molecular formula is C15H10Cl2N6O. The van der Waals surface area contributed by atoms with E-state index in [4.69, 9.17) is 23.2 Å². The van der Waals surface area contributed by atoms with Crippen LogP contribution in [-0.2, 0) is 0 Å². The highest BCUT2D eigenvalue weighted by Gasteiger charge is 2.05. The van der Waals surface area contributed by atoms with Crippen molar-refractivity contribution in [1.29, 1.82) is 0 Å². The number of benzene rings is 2. The average Bonchev–Trinajstić information content (AvgIpc) is 3.13. The predicted octanol–water partition coefficient (Wildman–Crippen LogP) is 2.73. The van der Waals surface area contributed by atoms with Crippen molar-refractivity contribution in [3.8, 4) is 5.69 Å². The molecule has 0 saturated carbocycles. The van der Waals surface area contributed by atoms with E-state index < -0.39 is 0 Å². The molecule has 0 radical (unpaired) electrons. The third kappa shape index (κ3) is 3.76. The minimum Gasteiger partial charge on any atom is -0.267 e. The van der Waals surface area contributed by atoms with Crippen LogP contribution in [0.25, 0.3) is 5.69 Å². The molecule has 1 heterocycles. The van der Waals surface area contributed by atoms with E-state index >= 15 is 0 Å². The molecule has 0 atom stereocenters. The van der Waals surface area contributed by atoms with Crippen LogP contribution in [-0.4, -0.2) is 32.3 Å². The van der Waals surface area contributed by atoms with Gasteiger partial charge in [-0.15, -0.1) is 5.10 Å². The van der Waals surface area contributed by atoms with E-state index in [-0.39, 0.29) is 5.91 Å². The highest BCUT2D eigenvalue weighted by Crippen LogP contribution is 2.21. The monoisotopic (exact) mass is 360 g/mol. The zero-order valence-corrected chi connectivity index (χ0v) is 13.6. The summed E-state index contributed by atoms with van der Waals surface area (Å²) in [4.78, 5) is 12.0. The SMILES string of the molecule is O=C(N/N=C\c1ccc(Cl)c(Cl)c1)c1ccc(-n2cnnn2)cc1. The molecule has 0 saturated heterocycles. The van der Waals surface area contributed by atoms with Gasteiger partial charge in [0.05, 0.1) is 21.9 Å². The fraction of sp³-hybridized carbons (Fsp3) is 0. The molecule has 1 aromatic heterocycles. The van der Waals surface area contributed by atoms with Crippen LogP contribution < -0.4 is 5.43 Å². The van der Waals surface area contributed by atoms with E-state index in [0.29, 0.717) is 15.6 Å². The molecule has 3 rings (SSSR count). The highest BCUT2D eigenvalue weighted by atomic mass is 35.5. The van der Waals surface area contributed by atoms with Crippen LogP contribution in [0.1, 0.15) is 15.9 Å². The second-order valence-electron chi connectivity index (χ2n) is 4.67. The van der Waals surface area contributed by atoms with Gasteiger partial charge in [-0.3, -0.25) is 4.79 Å². The van der Waals surface area contributed by atoms with Crippen LogP contribution >= 0.6 is 23.2 Å². The minimum absolute atomic E-state index is 0.338. The summed E-state index contributed by atoms with van der Waals surface area (Å²) in [6.07, 6.45) is 2.95. The van der Waals surface area contributed by atoms with Gasteiger partial charge >= 0.3 is 0 Å². The fourth-order valence-electron chi connectivity index (χ4n) is 1.87. The van der Waals surface area contributed by atoms with Crippen molar-refractivity contribution < 1.29 is 4.79 Å². The van der Waals surface area contributed by atoms with E-state index in [1.54, 1.807) is 42.5 Å². The van der Waals surface area contributed by atoms with Gasteiger partial charge in [0.25, 0.3) is 5.91 Å². The molecule has 1 amide bonds. The summed E-state index contributed by atoms with van der Waals surface area (Å²) in [6, 6.07) is 11.8. The molecule has 2 aromatic carbocycles. The van der Waals surface area contributed by atoms with E-state index in [1.807, 2.05) is 0 Å². The number of halogens is 2. The van der Waals surface area contributed by atoms with Gasteiger partial charge in [-0.25, -0.2) is 10.1 Å². The molecule has 9 heteroatoms. The van der Waals surface area contributed by atoms with Gasteiger partial charge in [0, 0.05) is 5.56 Å². The molecule has 0 bridgehead atoms. The highest BCUT2D eigenvalue weighted by molar-refractivity contribution is 6.42. The summed E-state index contributed by atoms with van der Waals surface area (Å²) in [5.41, 5.74) is 4.37. The van der Waals surface area contributed by atoms with Gasteiger partial charge in [-0.05, 0) is 52.4 Å². The molecule has 0 fully saturated rings. The number of hydrogen-bond acceptors (Lipinski definition) is 5. The number of nitrogens with zero attached hydrogens (tertiary/aromatic N) is 5. The lowest BCUT2D eigenvalue weighted by molar-refractivity contribution is 0.0955. The lowest BCUT2D eigenvalue weighted by Gasteiger charge is -2.02. The topological polar surface area (TPSA) is 85.1 Å². The van der Waals surface area contributed by atoms with Crippen molar-refractivity contribution in [3.05, 3.63) is 70.0 Å². The molecule has 0 aliphatic carbocycles. The maximum atomic E-state index is 12.0. The summed E-state index contributed by atoms with van der Waals surface area (Å²) in [7, 11) is 0. The second kappa shape index (κ2) is 7.20. The first-order valence-electron chi connectivity index (χ1n) is 6.75. The Morgan fingerprint density at radius 3 is 2.58 bits per heavy atom. The maximum absolute atomic E-state index is 12.0. The third-order valence-electron chi connectivity index (χ3n) is 3.07. The zero-order chi connectivity index (χ0) is 16.9. The first-order valence-corrected chi connectivity index (χ1v) is 7.51. The predicted molar refractivity (Wildman–Crippen MR) is 90.7 cm³/mol.